The average molecular weight is 189 g/mol. The summed E-state index contributed by atoms with van der Waals surface area (Å²) in [5.74, 6) is 0.963. The molecular weight excluding hydrogens is 178 g/mol. The maximum absolute atomic E-state index is 9.43. The van der Waals surface area contributed by atoms with Crippen molar-refractivity contribution in [2.24, 2.45) is 0 Å². The molecule has 0 fully saturated rings. The van der Waals surface area contributed by atoms with E-state index >= 15 is 0 Å². The van der Waals surface area contributed by atoms with Crippen molar-refractivity contribution in [3.05, 3.63) is 36.4 Å². The van der Waals surface area contributed by atoms with Gasteiger partial charge in [-0.15, -0.1) is 0 Å². The first-order valence-corrected chi connectivity index (χ1v) is 4.27. The molecule has 0 amide bonds. The molecule has 14 heavy (non-hydrogen) atoms. The summed E-state index contributed by atoms with van der Waals surface area (Å²) in [6.07, 6.45) is 3.54. The Morgan fingerprint density at radius 1 is 1.43 bits per heavy atom. The summed E-state index contributed by atoms with van der Waals surface area (Å²) in [4.78, 5) is 4.10. The van der Waals surface area contributed by atoms with Gasteiger partial charge in [-0.3, -0.25) is 0 Å². The van der Waals surface area contributed by atoms with Crippen molar-refractivity contribution < 1.29 is 5.11 Å². The molecule has 1 aromatic carbocycles. The molecule has 2 rings (SSSR count). The number of nitrogen functional groups attached to an aromatic ring is 1. The summed E-state index contributed by atoms with van der Waals surface area (Å²) in [5.41, 5.74) is 6.74. The summed E-state index contributed by atoms with van der Waals surface area (Å²) >= 11 is 0. The van der Waals surface area contributed by atoms with Gasteiger partial charge in [0.2, 0.25) is 0 Å². The first-order valence-electron chi connectivity index (χ1n) is 4.27. The molecule has 0 unspecified atom stereocenters. The third kappa shape index (κ3) is 1.31. The number of phenols is 1. The number of nitrogens with zero attached hydrogens (tertiary/aromatic N) is 2. The Hall–Kier alpha value is -1.97. The zero-order valence-electron chi connectivity index (χ0n) is 7.81. The lowest BCUT2D eigenvalue weighted by Crippen LogP contribution is -1.96. The van der Waals surface area contributed by atoms with E-state index in [1.165, 1.54) is 0 Å². The van der Waals surface area contributed by atoms with Crippen LogP contribution in [0.5, 0.6) is 5.75 Å². The van der Waals surface area contributed by atoms with Gasteiger partial charge in [-0.2, -0.15) is 0 Å². The normalized spacial score (nSPS) is 10.4. The molecule has 0 saturated heterocycles. The van der Waals surface area contributed by atoms with Gasteiger partial charge < -0.3 is 15.4 Å². The van der Waals surface area contributed by atoms with Gasteiger partial charge in [0.15, 0.2) is 0 Å². The summed E-state index contributed by atoms with van der Waals surface area (Å²) in [7, 11) is 0. The van der Waals surface area contributed by atoms with Crippen molar-refractivity contribution in [3.8, 4) is 11.4 Å². The predicted molar refractivity (Wildman–Crippen MR) is 54.4 cm³/mol. The van der Waals surface area contributed by atoms with Crippen LogP contribution in [0.1, 0.15) is 5.82 Å². The molecule has 1 heterocycles. The fourth-order valence-electron chi connectivity index (χ4n) is 1.33. The van der Waals surface area contributed by atoms with Gasteiger partial charge in [-0.25, -0.2) is 4.98 Å². The van der Waals surface area contributed by atoms with Crippen LogP contribution in [-0.2, 0) is 0 Å². The minimum Gasteiger partial charge on any atom is -0.506 e. The van der Waals surface area contributed by atoms with Crippen molar-refractivity contribution in [1.82, 2.24) is 9.55 Å². The van der Waals surface area contributed by atoms with Crippen molar-refractivity contribution in [1.29, 1.82) is 0 Å². The van der Waals surface area contributed by atoms with E-state index < -0.39 is 0 Å². The molecule has 0 radical (unpaired) electrons. The van der Waals surface area contributed by atoms with Crippen LogP contribution in [0.25, 0.3) is 5.69 Å². The van der Waals surface area contributed by atoms with Gasteiger partial charge in [-0.05, 0) is 19.1 Å². The van der Waals surface area contributed by atoms with Crippen LogP contribution < -0.4 is 5.73 Å². The van der Waals surface area contributed by atoms with E-state index in [1.54, 1.807) is 18.3 Å². The number of aryl methyl sites for hydroxylation is 1. The number of hydrogen-bond acceptors (Lipinski definition) is 3. The van der Waals surface area contributed by atoms with Crippen LogP contribution in [0.3, 0.4) is 0 Å². The maximum atomic E-state index is 9.43. The lowest BCUT2D eigenvalue weighted by atomic mass is 10.2. The van der Waals surface area contributed by atoms with Crippen molar-refractivity contribution in [3.63, 3.8) is 0 Å². The van der Waals surface area contributed by atoms with E-state index in [4.69, 9.17) is 5.73 Å². The Labute approximate surface area is 81.6 Å². The Morgan fingerprint density at radius 3 is 2.79 bits per heavy atom. The van der Waals surface area contributed by atoms with Gasteiger partial charge in [0, 0.05) is 18.5 Å². The highest BCUT2D eigenvalue weighted by atomic mass is 16.3. The van der Waals surface area contributed by atoms with E-state index in [-0.39, 0.29) is 5.75 Å². The number of anilines is 1. The van der Waals surface area contributed by atoms with Crippen LogP contribution >= 0.6 is 0 Å². The van der Waals surface area contributed by atoms with E-state index in [0.717, 1.165) is 11.5 Å². The van der Waals surface area contributed by atoms with E-state index in [9.17, 15) is 5.11 Å². The predicted octanol–water partition coefficient (Wildman–Crippen LogP) is 1.47. The molecule has 0 bridgehead atoms. The summed E-state index contributed by atoms with van der Waals surface area (Å²) in [6.45, 7) is 1.90. The number of hydrogen-bond donors (Lipinski definition) is 2. The van der Waals surface area contributed by atoms with Gasteiger partial charge in [0.1, 0.15) is 11.6 Å². The minimum atomic E-state index is 0.0931. The number of phenolic OH excluding ortho intramolecular Hbond substituents is 1. The van der Waals surface area contributed by atoms with Gasteiger partial charge in [0.25, 0.3) is 0 Å². The monoisotopic (exact) mass is 189 g/mol. The molecule has 1 aromatic heterocycles. The zero-order chi connectivity index (χ0) is 10.1. The SMILES string of the molecule is Cc1nccn1-c1ccc(N)c(O)c1. The number of rotatable bonds is 1. The average Bonchev–Trinajstić information content (AvgIpc) is 2.57. The van der Waals surface area contributed by atoms with Crippen LogP contribution in [-0.4, -0.2) is 14.7 Å². The topological polar surface area (TPSA) is 64.1 Å². The second-order valence-electron chi connectivity index (χ2n) is 3.09. The standard InChI is InChI=1S/C10H11N3O/c1-7-12-4-5-13(7)8-2-3-9(11)10(14)6-8/h2-6,14H,11H2,1H3. The largest absolute Gasteiger partial charge is 0.506 e. The van der Waals surface area contributed by atoms with Crippen LogP contribution in [0.15, 0.2) is 30.6 Å². The molecule has 3 N–H and O–H groups in total. The van der Waals surface area contributed by atoms with Crippen LogP contribution in [0.4, 0.5) is 5.69 Å². The Kier molecular flexibility index (Phi) is 1.89. The highest BCUT2D eigenvalue weighted by molar-refractivity contribution is 5.56. The Balaban J connectivity index is 2.53. The molecular formula is C10H11N3O. The minimum absolute atomic E-state index is 0.0931. The molecule has 0 spiro atoms. The molecule has 0 atom stereocenters. The second kappa shape index (κ2) is 3.06. The summed E-state index contributed by atoms with van der Waals surface area (Å²) in [6, 6.07) is 5.12. The molecule has 0 aliphatic rings. The molecule has 0 aliphatic carbocycles. The van der Waals surface area contributed by atoms with Gasteiger partial charge >= 0.3 is 0 Å². The number of benzene rings is 1. The lowest BCUT2D eigenvalue weighted by Gasteiger charge is -2.06. The van der Waals surface area contributed by atoms with E-state index in [2.05, 4.69) is 4.98 Å². The molecule has 4 nitrogen and oxygen atoms in total. The first-order chi connectivity index (χ1) is 6.68. The van der Waals surface area contributed by atoms with Crippen molar-refractivity contribution >= 4 is 5.69 Å². The lowest BCUT2D eigenvalue weighted by molar-refractivity contribution is 0.477. The van der Waals surface area contributed by atoms with Crippen molar-refractivity contribution in [2.75, 3.05) is 5.73 Å². The van der Waals surface area contributed by atoms with Gasteiger partial charge in [0.05, 0.1) is 11.4 Å². The molecule has 0 aliphatic heterocycles. The van der Waals surface area contributed by atoms with Crippen molar-refractivity contribution in [2.45, 2.75) is 6.92 Å². The molecule has 2 aromatic rings. The number of imidazole rings is 1. The fraction of sp³-hybridized carbons (Fsp3) is 0.100. The number of aromatic hydroxyl groups is 1. The van der Waals surface area contributed by atoms with Crippen LogP contribution in [0.2, 0.25) is 0 Å². The molecule has 72 valence electrons. The third-order valence-electron chi connectivity index (χ3n) is 2.12. The third-order valence-corrected chi connectivity index (χ3v) is 2.12. The summed E-state index contributed by atoms with van der Waals surface area (Å²) in [5, 5.41) is 9.43. The summed E-state index contributed by atoms with van der Waals surface area (Å²) < 4.78 is 1.87. The fourth-order valence-corrected chi connectivity index (χ4v) is 1.33. The quantitative estimate of drug-likeness (QED) is 0.527. The van der Waals surface area contributed by atoms with E-state index in [0.29, 0.717) is 5.69 Å². The highest BCUT2D eigenvalue weighted by Gasteiger charge is 2.02. The molecule has 0 saturated carbocycles. The number of aromatic nitrogens is 2. The molecule has 4 heteroatoms. The Bertz CT molecular complexity index is 462. The van der Waals surface area contributed by atoms with E-state index in [1.807, 2.05) is 23.8 Å². The highest BCUT2D eigenvalue weighted by Crippen LogP contribution is 2.23. The smallest absolute Gasteiger partial charge is 0.140 e. The zero-order valence-corrected chi connectivity index (χ0v) is 7.81. The van der Waals surface area contributed by atoms with Crippen LogP contribution in [0, 0.1) is 6.92 Å². The van der Waals surface area contributed by atoms with Gasteiger partial charge in [-0.1, -0.05) is 0 Å². The first kappa shape index (κ1) is 8.62. The second-order valence-corrected chi connectivity index (χ2v) is 3.09. The maximum Gasteiger partial charge on any atom is 0.140 e. The number of nitrogens with two attached hydrogens (primary N) is 1. The Morgan fingerprint density at radius 2 is 2.21 bits per heavy atom.